The quantitative estimate of drug-likeness (QED) is 0.799. The van der Waals surface area contributed by atoms with E-state index < -0.39 is 22.1 Å². The van der Waals surface area contributed by atoms with Gasteiger partial charge in [-0.1, -0.05) is 15.9 Å². The molecule has 0 aromatic heterocycles. The fraction of sp³-hybridized carbons (Fsp3) is 0.400. The van der Waals surface area contributed by atoms with Crippen LogP contribution >= 0.6 is 15.9 Å². The highest BCUT2D eigenvalue weighted by atomic mass is 79.9. The summed E-state index contributed by atoms with van der Waals surface area (Å²) in [7, 11) is -2.20. The Bertz CT molecular complexity index is 563. The molecule has 0 fully saturated rings. The van der Waals surface area contributed by atoms with Crippen molar-refractivity contribution < 1.29 is 26.3 Å². The topological polar surface area (TPSA) is 67.4 Å². The average Bonchev–Trinajstić information content (AvgIpc) is 2.28. The number of ether oxygens (including phenoxy) is 1. The number of alkyl halides is 3. The summed E-state index contributed by atoms with van der Waals surface area (Å²) in [5.41, 5.74) is -0.276. The molecule has 0 heterocycles. The van der Waals surface area contributed by atoms with Crippen molar-refractivity contribution in [3.05, 3.63) is 22.7 Å². The number of sulfonamides is 1. The summed E-state index contributed by atoms with van der Waals surface area (Å²) in [5, 5.41) is 2.63. The molecular weight excluding hydrogens is 365 g/mol. The van der Waals surface area contributed by atoms with Crippen molar-refractivity contribution in [3.8, 4) is 5.75 Å². The maximum Gasteiger partial charge on any atom is 0.573 e. The van der Waals surface area contributed by atoms with Crippen molar-refractivity contribution in [2.45, 2.75) is 6.36 Å². The molecule has 0 unspecified atom stereocenters. The van der Waals surface area contributed by atoms with Crippen LogP contribution in [-0.2, 0) is 10.0 Å². The van der Waals surface area contributed by atoms with Crippen LogP contribution in [0.15, 0.2) is 22.7 Å². The van der Waals surface area contributed by atoms with Crippen molar-refractivity contribution in [3.63, 3.8) is 0 Å². The molecule has 5 nitrogen and oxygen atoms in total. The number of rotatable bonds is 6. The number of benzene rings is 1. The van der Waals surface area contributed by atoms with Crippen LogP contribution in [0.5, 0.6) is 5.75 Å². The maximum absolute atomic E-state index is 12.3. The lowest BCUT2D eigenvalue weighted by molar-refractivity contribution is -0.274. The lowest BCUT2D eigenvalue weighted by Crippen LogP contribution is -2.25. The van der Waals surface area contributed by atoms with Crippen LogP contribution < -0.4 is 14.8 Å². The molecule has 1 aromatic carbocycles. The fourth-order valence-electron chi connectivity index (χ4n) is 1.24. The van der Waals surface area contributed by atoms with E-state index in [0.717, 1.165) is 6.07 Å². The molecule has 10 heteroatoms. The van der Waals surface area contributed by atoms with E-state index >= 15 is 0 Å². The van der Waals surface area contributed by atoms with E-state index in [1.54, 1.807) is 7.05 Å². The molecule has 0 saturated carbocycles. The molecule has 0 aliphatic carbocycles. The van der Waals surface area contributed by atoms with E-state index in [4.69, 9.17) is 0 Å². The summed E-state index contributed by atoms with van der Waals surface area (Å²) in [4.78, 5) is 0. The summed E-state index contributed by atoms with van der Waals surface area (Å²) in [6, 6.07) is 3.62. The van der Waals surface area contributed by atoms with Crippen molar-refractivity contribution in [2.75, 3.05) is 24.1 Å². The van der Waals surface area contributed by atoms with Gasteiger partial charge in [0, 0.05) is 11.0 Å². The van der Waals surface area contributed by atoms with Crippen LogP contribution in [0.2, 0.25) is 0 Å². The van der Waals surface area contributed by atoms with Gasteiger partial charge in [-0.05, 0) is 25.2 Å². The second-order valence-corrected chi connectivity index (χ2v) is 6.47. The largest absolute Gasteiger partial charge is 0.573 e. The first-order valence-electron chi connectivity index (χ1n) is 5.33. The molecule has 1 aromatic rings. The van der Waals surface area contributed by atoms with Crippen LogP contribution in [-0.4, -0.2) is 34.1 Å². The summed E-state index contributed by atoms with van der Waals surface area (Å²) in [6.45, 7) is 0.168. The summed E-state index contributed by atoms with van der Waals surface area (Å²) in [5.74, 6) is -0.898. The monoisotopic (exact) mass is 376 g/mol. The summed E-state index contributed by atoms with van der Waals surface area (Å²) < 4.78 is 66.3. The van der Waals surface area contributed by atoms with Gasteiger partial charge in [-0.3, -0.25) is 4.72 Å². The zero-order valence-corrected chi connectivity index (χ0v) is 12.7. The predicted octanol–water partition coefficient (Wildman–Crippen LogP) is 2.31. The van der Waals surface area contributed by atoms with Gasteiger partial charge in [0.1, 0.15) is 0 Å². The number of hydrogen-bond donors (Lipinski definition) is 2. The molecule has 1 rings (SSSR count). The van der Waals surface area contributed by atoms with Gasteiger partial charge in [0.15, 0.2) is 5.75 Å². The average molecular weight is 377 g/mol. The minimum absolute atomic E-state index is 0.168. The third kappa shape index (κ3) is 5.97. The Labute approximate surface area is 122 Å². The maximum atomic E-state index is 12.3. The number of hydrogen-bond acceptors (Lipinski definition) is 4. The fourth-order valence-corrected chi connectivity index (χ4v) is 2.66. The normalized spacial score (nSPS) is 12.2. The van der Waals surface area contributed by atoms with Crippen LogP contribution in [0.25, 0.3) is 0 Å². The van der Waals surface area contributed by atoms with E-state index in [0.29, 0.717) is 4.47 Å². The van der Waals surface area contributed by atoms with Crippen LogP contribution in [0.1, 0.15) is 0 Å². The zero-order valence-electron chi connectivity index (χ0n) is 10.3. The van der Waals surface area contributed by atoms with Gasteiger partial charge in [0.2, 0.25) is 10.0 Å². The van der Waals surface area contributed by atoms with Crippen LogP contribution in [0.4, 0.5) is 18.9 Å². The molecule has 0 aliphatic heterocycles. The van der Waals surface area contributed by atoms with Gasteiger partial charge < -0.3 is 10.1 Å². The van der Waals surface area contributed by atoms with Gasteiger partial charge >= 0.3 is 6.36 Å². The van der Waals surface area contributed by atoms with Gasteiger partial charge in [-0.15, -0.1) is 13.2 Å². The Kier molecular flexibility index (Phi) is 5.66. The molecule has 0 saturated heterocycles. The smallest absolute Gasteiger partial charge is 0.403 e. The second-order valence-electron chi connectivity index (χ2n) is 3.71. The van der Waals surface area contributed by atoms with Gasteiger partial charge in [0.05, 0.1) is 11.4 Å². The zero-order chi connectivity index (χ0) is 15.4. The Morgan fingerprint density at radius 3 is 2.55 bits per heavy atom. The highest BCUT2D eigenvalue weighted by Gasteiger charge is 2.32. The number of nitrogens with one attached hydrogen (secondary N) is 2. The summed E-state index contributed by atoms with van der Waals surface area (Å²) in [6.07, 6.45) is -4.91. The number of halogens is 4. The molecule has 0 bridgehead atoms. The molecule has 0 amide bonds. The van der Waals surface area contributed by atoms with E-state index in [-0.39, 0.29) is 18.0 Å². The Balaban J connectivity index is 3.00. The highest BCUT2D eigenvalue weighted by Crippen LogP contribution is 2.33. The Morgan fingerprint density at radius 1 is 1.35 bits per heavy atom. The van der Waals surface area contributed by atoms with Gasteiger partial charge in [-0.25, -0.2) is 8.42 Å². The van der Waals surface area contributed by atoms with Crippen molar-refractivity contribution in [2.24, 2.45) is 0 Å². The first-order chi connectivity index (χ1) is 9.13. The lowest BCUT2D eigenvalue weighted by atomic mass is 10.3. The molecule has 0 aliphatic rings. The van der Waals surface area contributed by atoms with Crippen molar-refractivity contribution in [1.29, 1.82) is 0 Å². The minimum atomic E-state index is -4.91. The van der Waals surface area contributed by atoms with Crippen LogP contribution in [0.3, 0.4) is 0 Å². The first-order valence-corrected chi connectivity index (χ1v) is 7.78. The molecule has 2 N–H and O–H groups in total. The van der Waals surface area contributed by atoms with Crippen molar-refractivity contribution in [1.82, 2.24) is 5.32 Å². The van der Waals surface area contributed by atoms with E-state index in [9.17, 15) is 21.6 Å². The van der Waals surface area contributed by atoms with Gasteiger partial charge in [-0.2, -0.15) is 0 Å². The molecule has 0 radical (unpaired) electrons. The second kappa shape index (κ2) is 6.64. The molecular formula is C10H12BrF3N2O3S. The van der Waals surface area contributed by atoms with Crippen molar-refractivity contribution >= 4 is 31.6 Å². The molecule has 20 heavy (non-hydrogen) atoms. The molecule has 114 valence electrons. The third-order valence-corrected chi connectivity index (χ3v) is 3.82. The minimum Gasteiger partial charge on any atom is -0.403 e. The van der Waals surface area contributed by atoms with Crippen LogP contribution in [0, 0.1) is 0 Å². The third-order valence-electron chi connectivity index (χ3n) is 2.06. The SMILES string of the molecule is CNCCS(=O)(=O)Nc1ccc(Br)cc1OC(F)(F)F. The number of anilines is 1. The molecule has 0 spiro atoms. The lowest BCUT2D eigenvalue weighted by Gasteiger charge is -2.15. The highest BCUT2D eigenvalue weighted by molar-refractivity contribution is 9.10. The molecule has 0 atom stereocenters. The summed E-state index contributed by atoms with van der Waals surface area (Å²) >= 11 is 2.99. The first kappa shape index (κ1) is 17.1. The van der Waals surface area contributed by atoms with E-state index in [2.05, 4.69) is 30.7 Å². The van der Waals surface area contributed by atoms with E-state index in [1.165, 1.54) is 12.1 Å². The predicted molar refractivity (Wildman–Crippen MR) is 72.2 cm³/mol. The van der Waals surface area contributed by atoms with E-state index in [1.807, 2.05) is 0 Å². The Hall–Kier alpha value is -1.00. The standard InChI is InChI=1S/C10H12BrF3N2O3S/c1-15-4-5-20(17,18)16-8-3-2-7(11)6-9(8)19-10(12,13)14/h2-3,6,15-16H,4-5H2,1H3. The Morgan fingerprint density at radius 2 is 2.00 bits per heavy atom. The van der Waals surface area contributed by atoms with Gasteiger partial charge in [0.25, 0.3) is 0 Å².